The van der Waals surface area contributed by atoms with Crippen LogP contribution in [-0.4, -0.2) is 42.4 Å². The van der Waals surface area contributed by atoms with Crippen LogP contribution in [0.15, 0.2) is 36.4 Å². The van der Waals surface area contributed by atoms with E-state index in [1.807, 2.05) is 30.1 Å². The van der Waals surface area contributed by atoms with Crippen molar-refractivity contribution in [2.75, 3.05) is 26.7 Å². The smallest absolute Gasteiger partial charge is 0.227 e. The zero-order valence-electron chi connectivity index (χ0n) is 15.2. The first-order chi connectivity index (χ1) is 12.6. The Kier molecular flexibility index (Phi) is 5.35. The lowest BCUT2D eigenvalue weighted by Gasteiger charge is -2.28. The quantitative estimate of drug-likeness (QED) is 0.729. The third-order valence-corrected chi connectivity index (χ3v) is 7.13. The third-order valence-electron chi connectivity index (χ3n) is 5.66. The predicted octanol–water partition coefficient (Wildman–Crippen LogP) is 5.07. The first kappa shape index (κ1) is 18.0. The minimum absolute atomic E-state index is 0.139. The van der Waals surface area contributed by atoms with Gasteiger partial charge in [-0.2, -0.15) is 0 Å². The number of thiophene rings is 1. The fourth-order valence-electron chi connectivity index (χ4n) is 4.21. The van der Waals surface area contributed by atoms with E-state index in [4.69, 9.17) is 11.6 Å². The van der Waals surface area contributed by atoms with Gasteiger partial charge < -0.3 is 9.80 Å². The second kappa shape index (κ2) is 7.71. The first-order valence-electron chi connectivity index (χ1n) is 9.46. The van der Waals surface area contributed by atoms with Crippen molar-refractivity contribution in [1.29, 1.82) is 0 Å². The molecule has 1 aromatic heterocycles. The van der Waals surface area contributed by atoms with Gasteiger partial charge in [-0.3, -0.25) is 4.79 Å². The predicted molar refractivity (Wildman–Crippen MR) is 109 cm³/mol. The van der Waals surface area contributed by atoms with E-state index in [-0.39, 0.29) is 12.0 Å². The molecule has 3 nitrogen and oxygen atoms in total. The topological polar surface area (TPSA) is 23.6 Å². The summed E-state index contributed by atoms with van der Waals surface area (Å²) >= 11 is 7.91. The molecule has 0 aliphatic carbocycles. The molecule has 2 aliphatic heterocycles. The fourth-order valence-corrected chi connectivity index (χ4v) is 5.56. The molecule has 0 spiro atoms. The molecule has 1 aromatic carbocycles. The van der Waals surface area contributed by atoms with Gasteiger partial charge >= 0.3 is 0 Å². The number of carbonyl (C=O) groups is 1. The van der Waals surface area contributed by atoms with Crippen molar-refractivity contribution in [2.45, 2.75) is 31.7 Å². The Morgan fingerprint density at radius 1 is 1.15 bits per heavy atom. The van der Waals surface area contributed by atoms with Crippen molar-refractivity contribution in [1.82, 2.24) is 9.80 Å². The van der Waals surface area contributed by atoms with E-state index in [1.165, 1.54) is 29.0 Å². The number of carbonyl (C=O) groups excluding carboxylic acids is 1. The van der Waals surface area contributed by atoms with Gasteiger partial charge in [0.25, 0.3) is 0 Å². The summed E-state index contributed by atoms with van der Waals surface area (Å²) in [6.45, 7) is 3.22. The van der Waals surface area contributed by atoms with Crippen LogP contribution in [0.1, 0.15) is 36.6 Å². The fraction of sp³-hybridized carbons (Fsp3) is 0.476. The molecule has 4 rings (SSSR count). The number of hydrogen-bond donors (Lipinski definition) is 0. The lowest BCUT2D eigenvalue weighted by molar-refractivity contribution is -0.131. The summed E-state index contributed by atoms with van der Waals surface area (Å²) in [4.78, 5) is 19.7. The maximum Gasteiger partial charge on any atom is 0.227 e. The average molecular weight is 389 g/mol. The van der Waals surface area contributed by atoms with Crippen molar-refractivity contribution in [2.24, 2.45) is 5.92 Å². The number of amides is 1. The zero-order chi connectivity index (χ0) is 18.1. The van der Waals surface area contributed by atoms with Crippen molar-refractivity contribution >= 4 is 28.8 Å². The van der Waals surface area contributed by atoms with Crippen LogP contribution in [0.5, 0.6) is 0 Å². The molecule has 0 radical (unpaired) electrons. The Morgan fingerprint density at radius 2 is 1.96 bits per heavy atom. The summed E-state index contributed by atoms with van der Waals surface area (Å²) < 4.78 is 0. The lowest BCUT2D eigenvalue weighted by atomic mass is 10.0. The van der Waals surface area contributed by atoms with Gasteiger partial charge in [-0.15, -0.1) is 11.3 Å². The minimum Gasteiger partial charge on any atom is -0.338 e. The van der Waals surface area contributed by atoms with Gasteiger partial charge in [0, 0.05) is 28.4 Å². The second-order valence-electron chi connectivity index (χ2n) is 7.47. The number of hydrogen-bond acceptors (Lipinski definition) is 3. The van der Waals surface area contributed by atoms with Crippen LogP contribution in [-0.2, 0) is 4.79 Å². The summed E-state index contributed by atoms with van der Waals surface area (Å²) in [5.74, 6) is 0.443. The number of nitrogens with zero attached hydrogens (tertiary/aromatic N) is 2. The molecule has 26 heavy (non-hydrogen) atoms. The van der Waals surface area contributed by atoms with E-state index in [9.17, 15) is 4.79 Å². The molecular formula is C21H25ClN2OS. The van der Waals surface area contributed by atoms with Crippen molar-refractivity contribution in [3.63, 3.8) is 0 Å². The first-order valence-corrected chi connectivity index (χ1v) is 10.7. The molecule has 2 aliphatic rings. The standard InChI is InChI=1S/C21H25ClN2OS/c1-23-18(13-16(21(23)25)14-24-10-3-2-4-11-24)20-9-8-19(26-20)15-6-5-7-17(22)12-15/h5-9,12,16,18H,2-4,10-11,13-14H2,1H3/t16-,18+/m1/s1. The Morgan fingerprint density at radius 3 is 2.73 bits per heavy atom. The summed E-state index contributed by atoms with van der Waals surface area (Å²) in [6.07, 6.45) is 4.81. The molecule has 3 heterocycles. The number of likely N-dealkylation sites (tertiary alicyclic amines) is 2. The molecule has 0 unspecified atom stereocenters. The number of halogens is 1. The van der Waals surface area contributed by atoms with E-state index in [1.54, 1.807) is 11.3 Å². The SMILES string of the molecule is CN1C(=O)[C@@H](CN2CCCCC2)C[C@H]1c1ccc(-c2cccc(Cl)c2)s1. The highest BCUT2D eigenvalue weighted by Crippen LogP contribution is 2.41. The second-order valence-corrected chi connectivity index (χ2v) is 9.02. The molecule has 0 saturated carbocycles. The van der Waals surface area contributed by atoms with Gasteiger partial charge in [0.15, 0.2) is 0 Å². The Labute approximate surface area is 164 Å². The molecule has 2 fully saturated rings. The van der Waals surface area contributed by atoms with E-state index in [0.29, 0.717) is 5.91 Å². The van der Waals surface area contributed by atoms with Gasteiger partial charge in [0.05, 0.1) is 12.0 Å². The summed E-state index contributed by atoms with van der Waals surface area (Å²) in [5.41, 5.74) is 1.14. The largest absolute Gasteiger partial charge is 0.338 e. The van der Waals surface area contributed by atoms with Crippen LogP contribution in [0, 0.1) is 5.92 Å². The molecular weight excluding hydrogens is 364 g/mol. The van der Waals surface area contributed by atoms with Gasteiger partial charge in [-0.25, -0.2) is 0 Å². The van der Waals surface area contributed by atoms with Crippen molar-refractivity contribution < 1.29 is 4.79 Å². The Bertz CT molecular complexity index is 784. The van der Waals surface area contributed by atoms with E-state index < -0.39 is 0 Å². The van der Waals surface area contributed by atoms with E-state index in [2.05, 4.69) is 23.1 Å². The molecule has 0 bridgehead atoms. The number of rotatable bonds is 4. The van der Waals surface area contributed by atoms with Crippen LogP contribution in [0.2, 0.25) is 5.02 Å². The van der Waals surface area contributed by atoms with Gasteiger partial charge in [0.2, 0.25) is 5.91 Å². The van der Waals surface area contributed by atoms with E-state index >= 15 is 0 Å². The van der Waals surface area contributed by atoms with Crippen molar-refractivity contribution in [3.05, 3.63) is 46.3 Å². The molecule has 2 saturated heterocycles. The minimum atomic E-state index is 0.139. The van der Waals surface area contributed by atoms with Gasteiger partial charge in [-0.1, -0.05) is 30.2 Å². The average Bonchev–Trinajstić information content (AvgIpc) is 3.24. The maximum atomic E-state index is 12.8. The molecule has 5 heteroatoms. The summed E-state index contributed by atoms with van der Waals surface area (Å²) in [5, 5.41) is 0.757. The number of benzene rings is 1. The molecule has 2 aromatic rings. The summed E-state index contributed by atoms with van der Waals surface area (Å²) in [6, 6.07) is 12.5. The number of piperidine rings is 1. The highest BCUT2D eigenvalue weighted by Gasteiger charge is 2.39. The summed E-state index contributed by atoms with van der Waals surface area (Å²) in [7, 11) is 1.96. The highest BCUT2D eigenvalue weighted by atomic mass is 35.5. The Hall–Kier alpha value is -1.36. The Balaban J connectivity index is 1.48. The molecule has 138 valence electrons. The van der Waals surface area contributed by atoms with Crippen molar-refractivity contribution in [3.8, 4) is 10.4 Å². The van der Waals surface area contributed by atoms with Gasteiger partial charge in [0.1, 0.15) is 0 Å². The van der Waals surface area contributed by atoms with Gasteiger partial charge in [-0.05, 0) is 62.2 Å². The molecule has 2 atom stereocenters. The van der Waals surface area contributed by atoms with Crippen LogP contribution >= 0.6 is 22.9 Å². The zero-order valence-corrected chi connectivity index (χ0v) is 16.7. The molecule has 1 amide bonds. The van der Waals surface area contributed by atoms with Crippen LogP contribution in [0.4, 0.5) is 0 Å². The van der Waals surface area contributed by atoms with Crippen LogP contribution < -0.4 is 0 Å². The lowest BCUT2D eigenvalue weighted by Crippen LogP contribution is -2.36. The monoisotopic (exact) mass is 388 g/mol. The molecule has 0 N–H and O–H groups in total. The highest BCUT2D eigenvalue weighted by molar-refractivity contribution is 7.15. The maximum absolute atomic E-state index is 12.8. The third kappa shape index (κ3) is 3.68. The normalized spacial score (nSPS) is 24.4. The van der Waals surface area contributed by atoms with Crippen LogP contribution in [0.3, 0.4) is 0 Å². The van der Waals surface area contributed by atoms with Crippen LogP contribution in [0.25, 0.3) is 10.4 Å². The van der Waals surface area contributed by atoms with E-state index in [0.717, 1.165) is 36.6 Å².